The van der Waals surface area contributed by atoms with Crippen LogP contribution in [0.15, 0.2) is 78.9 Å². The first-order chi connectivity index (χ1) is 15.3. The summed E-state index contributed by atoms with van der Waals surface area (Å²) in [6, 6.07) is 18.4. The fraction of sp³-hybridized carbons (Fsp3) is 0.130. The number of carbonyl (C=O) groups is 2. The number of nitrogens with one attached hydrogen (secondary N) is 2. The maximum absolute atomic E-state index is 13.0. The van der Waals surface area contributed by atoms with E-state index in [1.165, 1.54) is 0 Å². The Balaban J connectivity index is 1.66. The molecule has 5 nitrogen and oxygen atoms in total. The number of halogens is 4. The van der Waals surface area contributed by atoms with Gasteiger partial charge in [0, 0.05) is 10.7 Å². The van der Waals surface area contributed by atoms with E-state index in [2.05, 4.69) is 10.7 Å². The number of hydrogen-bond donors (Lipinski definition) is 2. The number of hydrazine groups is 1. The summed E-state index contributed by atoms with van der Waals surface area (Å²) in [7, 11) is 0. The molecule has 0 radical (unpaired) electrons. The average molecular weight is 460 g/mol. The molecule has 0 aromatic heterocycles. The van der Waals surface area contributed by atoms with Crippen molar-refractivity contribution in [1.29, 1.82) is 0 Å². The lowest BCUT2D eigenvalue weighted by Crippen LogP contribution is -2.42. The van der Waals surface area contributed by atoms with Gasteiger partial charge in [-0.25, -0.2) is 9.80 Å². The highest BCUT2D eigenvalue weighted by molar-refractivity contribution is 6.31. The van der Waals surface area contributed by atoms with E-state index in [0.29, 0.717) is 16.1 Å². The predicted octanol–water partition coefficient (Wildman–Crippen LogP) is 5.76. The zero-order valence-electron chi connectivity index (χ0n) is 16.4. The Bertz CT molecular complexity index is 1140. The summed E-state index contributed by atoms with van der Waals surface area (Å²) < 4.78 is 38.4. The summed E-state index contributed by atoms with van der Waals surface area (Å²) >= 11 is 6.39. The molecular weight excluding hydrogens is 443 g/mol. The minimum atomic E-state index is -4.48. The highest BCUT2D eigenvalue weighted by Crippen LogP contribution is 2.42. The van der Waals surface area contributed by atoms with E-state index in [-0.39, 0.29) is 5.69 Å². The van der Waals surface area contributed by atoms with E-state index in [1.54, 1.807) is 48.5 Å². The molecular formula is C23H17ClF3N3O2. The molecule has 4 rings (SSSR count). The van der Waals surface area contributed by atoms with Crippen LogP contribution in [-0.4, -0.2) is 16.9 Å². The molecule has 2 unspecified atom stereocenters. The zero-order chi connectivity index (χ0) is 22.9. The van der Waals surface area contributed by atoms with Crippen molar-refractivity contribution in [3.8, 4) is 0 Å². The molecule has 1 saturated heterocycles. The molecule has 3 amide bonds. The lowest BCUT2D eigenvalue weighted by molar-refractivity contribution is -0.137. The van der Waals surface area contributed by atoms with Crippen LogP contribution in [0.3, 0.4) is 0 Å². The van der Waals surface area contributed by atoms with Crippen LogP contribution in [0.5, 0.6) is 0 Å². The van der Waals surface area contributed by atoms with Gasteiger partial charge >= 0.3 is 12.2 Å². The Kier molecular flexibility index (Phi) is 5.80. The van der Waals surface area contributed by atoms with Crippen LogP contribution < -0.4 is 10.7 Å². The van der Waals surface area contributed by atoms with Crippen molar-refractivity contribution < 1.29 is 22.8 Å². The minimum absolute atomic E-state index is 0.151. The van der Waals surface area contributed by atoms with Gasteiger partial charge in [-0.1, -0.05) is 60.1 Å². The van der Waals surface area contributed by atoms with Gasteiger partial charge in [-0.2, -0.15) is 13.2 Å². The third kappa shape index (κ3) is 4.27. The molecule has 1 heterocycles. The van der Waals surface area contributed by atoms with Crippen LogP contribution in [0.2, 0.25) is 5.02 Å². The molecule has 1 aliphatic heterocycles. The van der Waals surface area contributed by atoms with Gasteiger partial charge in [0.15, 0.2) is 0 Å². The number of carbonyl (C=O) groups excluding carboxylic acids is 2. The maximum Gasteiger partial charge on any atom is 0.416 e. The molecule has 3 aromatic rings. The molecule has 2 atom stereocenters. The summed E-state index contributed by atoms with van der Waals surface area (Å²) in [4.78, 5) is 25.9. The second-order valence-corrected chi connectivity index (χ2v) is 7.61. The van der Waals surface area contributed by atoms with Crippen molar-refractivity contribution in [2.45, 2.75) is 18.1 Å². The van der Waals surface area contributed by atoms with E-state index in [1.807, 2.05) is 6.07 Å². The summed E-state index contributed by atoms with van der Waals surface area (Å²) in [5.74, 6) is -1.13. The quantitative estimate of drug-likeness (QED) is 0.523. The van der Waals surface area contributed by atoms with Crippen molar-refractivity contribution in [3.05, 3.63) is 101 Å². The van der Waals surface area contributed by atoms with Gasteiger partial charge in [0.05, 0.1) is 17.5 Å². The molecule has 32 heavy (non-hydrogen) atoms. The fourth-order valence-corrected chi connectivity index (χ4v) is 3.93. The normalized spacial score (nSPS) is 18.4. The Hall–Kier alpha value is -3.52. The molecule has 0 spiro atoms. The molecule has 0 saturated carbocycles. The topological polar surface area (TPSA) is 61.4 Å². The number of urea groups is 1. The van der Waals surface area contributed by atoms with Crippen molar-refractivity contribution >= 4 is 29.2 Å². The Morgan fingerprint density at radius 1 is 0.938 bits per heavy atom. The van der Waals surface area contributed by atoms with E-state index in [4.69, 9.17) is 11.6 Å². The van der Waals surface area contributed by atoms with E-state index < -0.39 is 35.6 Å². The van der Waals surface area contributed by atoms with Gasteiger partial charge in [0.2, 0.25) is 5.91 Å². The zero-order valence-corrected chi connectivity index (χ0v) is 17.2. The summed E-state index contributed by atoms with van der Waals surface area (Å²) in [5, 5.41) is 4.04. The van der Waals surface area contributed by atoms with Crippen LogP contribution in [0.25, 0.3) is 0 Å². The second kappa shape index (κ2) is 8.55. The lowest BCUT2D eigenvalue weighted by atomic mass is 9.87. The van der Waals surface area contributed by atoms with Gasteiger partial charge in [-0.15, -0.1) is 0 Å². The van der Waals surface area contributed by atoms with E-state index >= 15 is 0 Å². The largest absolute Gasteiger partial charge is 0.416 e. The van der Waals surface area contributed by atoms with Gasteiger partial charge in [0.25, 0.3) is 0 Å². The number of amides is 3. The van der Waals surface area contributed by atoms with Gasteiger partial charge in [0.1, 0.15) is 0 Å². The highest BCUT2D eigenvalue weighted by atomic mass is 35.5. The van der Waals surface area contributed by atoms with Crippen LogP contribution in [0, 0.1) is 0 Å². The first-order valence-corrected chi connectivity index (χ1v) is 10.0. The number of benzene rings is 3. The molecule has 2 N–H and O–H groups in total. The SMILES string of the molecule is O=C1NN(C(=O)Nc2ccc(C(F)(F)F)cc2)C(c2ccccc2Cl)C1c1ccccc1. The molecule has 164 valence electrons. The van der Waals surface area contributed by atoms with E-state index in [9.17, 15) is 22.8 Å². The smallest absolute Gasteiger partial charge is 0.306 e. The van der Waals surface area contributed by atoms with Crippen LogP contribution in [-0.2, 0) is 11.0 Å². The van der Waals surface area contributed by atoms with Crippen molar-refractivity contribution in [2.75, 3.05) is 5.32 Å². The molecule has 9 heteroatoms. The molecule has 0 bridgehead atoms. The Morgan fingerprint density at radius 3 is 2.19 bits per heavy atom. The molecule has 1 fully saturated rings. The van der Waals surface area contributed by atoms with Crippen molar-refractivity contribution in [1.82, 2.24) is 10.4 Å². The Labute approximate surface area is 186 Å². The maximum atomic E-state index is 13.0. The summed E-state index contributed by atoms with van der Waals surface area (Å²) in [6.07, 6.45) is -4.48. The number of anilines is 1. The predicted molar refractivity (Wildman–Crippen MR) is 114 cm³/mol. The van der Waals surface area contributed by atoms with Crippen LogP contribution >= 0.6 is 11.6 Å². The first-order valence-electron chi connectivity index (χ1n) is 9.63. The minimum Gasteiger partial charge on any atom is -0.306 e. The fourth-order valence-electron chi connectivity index (χ4n) is 3.68. The highest BCUT2D eigenvalue weighted by Gasteiger charge is 2.46. The number of nitrogens with zero attached hydrogens (tertiary/aromatic N) is 1. The van der Waals surface area contributed by atoms with Crippen LogP contribution in [0.4, 0.5) is 23.7 Å². The van der Waals surface area contributed by atoms with Gasteiger partial charge in [-0.05, 0) is 41.5 Å². The monoisotopic (exact) mass is 459 g/mol. The van der Waals surface area contributed by atoms with E-state index in [0.717, 1.165) is 29.3 Å². The average Bonchev–Trinajstić information content (AvgIpc) is 3.11. The lowest BCUT2D eigenvalue weighted by Gasteiger charge is -2.27. The second-order valence-electron chi connectivity index (χ2n) is 7.21. The number of rotatable bonds is 3. The standard InChI is InChI=1S/C23H17ClF3N3O2/c24-18-9-5-4-8-17(18)20-19(14-6-2-1-3-7-14)21(31)29-30(20)22(32)28-16-12-10-15(11-13-16)23(25,26)27/h1-13,19-20H,(H,28,32)(H,29,31). The number of alkyl halides is 3. The van der Waals surface area contributed by atoms with Gasteiger partial charge < -0.3 is 5.32 Å². The van der Waals surface area contributed by atoms with Crippen molar-refractivity contribution in [2.24, 2.45) is 0 Å². The third-order valence-electron chi connectivity index (χ3n) is 5.17. The molecule has 1 aliphatic rings. The third-order valence-corrected chi connectivity index (χ3v) is 5.52. The molecule has 3 aromatic carbocycles. The Morgan fingerprint density at radius 2 is 1.56 bits per heavy atom. The summed E-state index contributed by atoms with van der Waals surface area (Å²) in [5.41, 5.74) is 3.15. The van der Waals surface area contributed by atoms with Crippen molar-refractivity contribution in [3.63, 3.8) is 0 Å². The first kappa shape index (κ1) is 21.7. The molecule has 0 aliphatic carbocycles. The van der Waals surface area contributed by atoms with Crippen LogP contribution in [0.1, 0.15) is 28.7 Å². The number of hydrogen-bond acceptors (Lipinski definition) is 2. The summed E-state index contributed by atoms with van der Waals surface area (Å²) in [6.45, 7) is 0. The van der Waals surface area contributed by atoms with Gasteiger partial charge in [-0.3, -0.25) is 10.2 Å².